The molecule has 0 saturated carbocycles. The van der Waals surface area contributed by atoms with E-state index < -0.39 is 0 Å². The van der Waals surface area contributed by atoms with Gasteiger partial charge in [-0.2, -0.15) is 5.26 Å². The van der Waals surface area contributed by atoms with Gasteiger partial charge in [-0.1, -0.05) is 13.8 Å². The molecule has 0 aliphatic rings. The molecular weight excluding hydrogens is 238 g/mol. The van der Waals surface area contributed by atoms with E-state index in [1.807, 2.05) is 19.2 Å². The zero-order chi connectivity index (χ0) is 13.8. The Hall–Kier alpha value is -2.35. The van der Waals surface area contributed by atoms with E-state index in [1.165, 1.54) is 0 Å². The second-order valence-corrected chi connectivity index (χ2v) is 4.79. The molecule has 98 valence electrons. The lowest BCUT2D eigenvalue weighted by Crippen LogP contribution is -2.03. The first-order chi connectivity index (χ1) is 9.10. The Kier molecular flexibility index (Phi) is 3.81. The van der Waals surface area contributed by atoms with Crippen LogP contribution in [0.25, 0.3) is 0 Å². The van der Waals surface area contributed by atoms with Crippen LogP contribution < -0.4 is 5.32 Å². The van der Waals surface area contributed by atoms with Crippen LogP contribution in [0, 0.1) is 18.3 Å². The van der Waals surface area contributed by atoms with Crippen LogP contribution in [0.3, 0.4) is 0 Å². The van der Waals surface area contributed by atoms with E-state index in [9.17, 15) is 0 Å². The highest BCUT2D eigenvalue weighted by Crippen LogP contribution is 2.16. The number of nitrogens with zero attached hydrogens (tertiary/aromatic N) is 3. The van der Waals surface area contributed by atoms with E-state index in [0.29, 0.717) is 18.0 Å². The maximum absolute atomic E-state index is 9.03. The molecule has 0 amide bonds. The Morgan fingerprint density at radius 1 is 1.37 bits per heavy atom. The minimum atomic E-state index is 0.381. The molecular formula is C14H17N5. The van der Waals surface area contributed by atoms with Gasteiger partial charge in [0.25, 0.3) is 0 Å². The maximum atomic E-state index is 9.03. The van der Waals surface area contributed by atoms with Gasteiger partial charge < -0.3 is 10.3 Å². The Bertz CT molecular complexity index is 607. The summed E-state index contributed by atoms with van der Waals surface area (Å²) in [5.74, 6) is 1.36. The Morgan fingerprint density at radius 2 is 2.16 bits per heavy atom. The molecule has 0 fully saturated rings. The van der Waals surface area contributed by atoms with Crippen molar-refractivity contribution >= 4 is 5.69 Å². The van der Waals surface area contributed by atoms with Crippen molar-refractivity contribution in [3.63, 3.8) is 0 Å². The largest absolute Gasteiger partial charge is 0.378 e. The zero-order valence-electron chi connectivity index (χ0n) is 11.4. The molecule has 5 heteroatoms. The van der Waals surface area contributed by atoms with Crippen LogP contribution in [0.5, 0.6) is 0 Å². The van der Waals surface area contributed by atoms with Crippen LogP contribution in [-0.2, 0) is 6.54 Å². The maximum Gasteiger partial charge on any atom is 0.108 e. The number of hydrogen-bond acceptors (Lipinski definition) is 4. The van der Waals surface area contributed by atoms with E-state index in [1.54, 1.807) is 6.20 Å². The topological polar surface area (TPSA) is 77.4 Å². The third-order valence-electron chi connectivity index (χ3n) is 2.83. The minimum absolute atomic E-state index is 0.381. The Balaban J connectivity index is 2.10. The van der Waals surface area contributed by atoms with Gasteiger partial charge in [0, 0.05) is 17.8 Å². The van der Waals surface area contributed by atoms with Crippen molar-refractivity contribution in [3.8, 4) is 6.07 Å². The summed E-state index contributed by atoms with van der Waals surface area (Å²) in [5, 5.41) is 12.3. The van der Waals surface area contributed by atoms with Crippen molar-refractivity contribution in [1.29, 1.82) is 5.26 Å². The lowest BCUT2D eigenvalue weighted by molar-refractivity contribution is 0.789. The molecule has 19 heavy (non-hydrogen) atoms. The number of anilines is 1. The summed E-state index contributed by atoms with van der Waals surface area (Å²) in [6.07, 6.45) is 3.41. The van der Waals surface area contributed by atoms with Gasteiger partial charge in [-0.25, -0.2) is 4.98 Å². The molecule has 0 unspecified atom stereocenters. The number of hydrogen-bond donors (Lipinski definition) is 2. The summed E-state index contributed by atoms with van der Waals surface area (Å²) in [7, 11) is 0. The monoisotopic (exact) mass is 255 g/mol. The summed E-state index contributed by atoms with van der Waals surface area (Å²) in [5.41, 5.74) is 3.24. The number of aromatic nitrogens is 3. The van der Waals surface area contributed by atoms with Gasteiger partial charge in [-0.3, -0.25) is 4.98 Å². The van der Waals surface area contributed by atoms with Crippen molar-refractivity contribution in [2.75, 3.05) is 5.32 Å². The molecule has 2 heterocycles. The van der Waals surface area contributed by atoms with Crippen molar-refractivity contribution in [2.24, 2.45) is 0 Å². The third-order valence-corrected chi connectivity index (χ3v) is 2.83. The van der Waals surface area contributed by atoms with Gasteiger partial charge in [0.05, 0.1) is 29.7 Å². The smallest absolute Gasteiger partial charge is 0.108 e. The molecule has 0 aliphatic carbocycles. The quantitative estimate of drug-likeness (QED) is 0.880. The molecule has 0 saturated heterocycles. The van der Waals surface area contributed by atoms with Gasteiger partial charge in [-0.05, 0) is 13.0 Å². The second-order valence-electron chi connectivity index (χ2n) is 4.79. The van der Waals surface area contributed by atoms with Gasteiger partial charge in [0.1, 0.15) is 11.9 Å². The van der Waals surface area contributed by atoms with Crippen LogP contribution >= 0.6 is 0 Å². The molecule has 5 nitrogen and oxygen atoms in total. The Labute approximate surface area is 112 Å². The van der Waals surface area contributed by atoms with Crippen molar-refractivity contribution in [1.82, 2.24) is 15.0 Å². The molecule has 0 spiro atoms. The summed E-state index contributed by atoms with van der Waals surface area (Å²) in [6, 6.07) is 4.00. The van der Waals surface area contributed by atoms with Crippen LogP contribution in [0.1, 0.15) is 42.5 Å². The molecule has 0 radical (unpaired) electrons. The summed E-state index contributed by atoms with van der Waals surface area (Å²) in [6.45, 7) is 6.70. The highest BCUT2D eigenvalue weighted by atomic mass is 15.0. The van der Waals surface area contributed by atoms with Crippen molar-refractivity contribution in [3.05, 3.63) is 41.2 Å². The number of nitrogens with one attached hydrogen (secondary N) is 2. The van der Waals surface area contributed by atoms with Crippen LogP contribution in [0.2, 0.25) is 0 Å². The number of H-pyrrole nitrogens is 1. The van der Waals surface area contributed by atoms with Crippen molar-refractivity contribution < 1.29 is 0 Å². The first-order valence-corrected chi connectivity index (χ1v) is 6.24. The van der Waals surface area contributed by atoms with Gasteiger partial charge in [0.15, 0.2) is 0 Å². The molecule has 2 rings (SSSR count). The van der Waals surface area contributed by atoms with Gasteiger partial charge in [-0.15, -0.1) is 0 Å². The normalized spacial score (nSPS) is 10.5. The molecule has 2 aromatic heterocycles. The third kappa shape index (κ3) is 3.10. The number of nitriles is 1. The van der Waals surface area contributed by atoms with E-state index in [0.717, 1.165) is 22.9 Å². The fourth-order valence-corrected chi connectivity index (χ4v) is 1.75. The van der Waals surface area contributed by atoms with Gasteiger partial charge in [0.2, 0.25) is 0 Å². The molecule has 2 aromatic rings. The fraction of sp³-hybridized carbons (Fsp3) is 0.357. The van der Waals surface area contributed by atoms with Crippen LogP contribution in [0.15, 0.2) is 18.5 Å². The average Bonchev–Trinajstić information content (AvgIpc) is 2.85. The number of aromatic amines is 1. The molecule has 0 atom stereocenters. The highest BCUT2D eigenvalue weighted by Gasteiger charge is 2.06. The first kappa shape index (κ1) is 13.1. The predicted molar refractivity (Wildman–Crippen MR) is 73.7 cm³/mol. The highest BCUT2D eigenvalue weighted by molar-refractivity contribution is 5.56. The van der Waals surface area contributed by atoms with E-state index in [-0.39, 0.29) is 0 Å². The Morgan fingerprint density at radius 3 is 2.79 bits per heavy atom. The number of imidazole rings is 1. The lowest BCUT2D eigenvalue weighted by Gasteiger charge is -2.07. The number of rotatable bonds is 4. The number of aryl methyl sites for hydroxylation is 1. The average molecular weight is 255 g/mol. The van der Waals surface area contributed by atoms with E-state index in [4.69, 9.17) is 5.26 Å². The van der Waals surface area contributed by atoms with Crippen LogP contribution in [-0.4, -0.2) is 15.0 Å². The SMILES string of the molecule is Cc1cc(NCc2cnc(C(C)C)[nH]2)c(C#N)cn1. The van der Waals surface area contributed by atoms with Gasteiger partial charge >= 0.3 is 0 Å². The first-order valence-electron chi connectivity index (χ1n) is 6.24. The second kappa shape index (κ2) is 5.53. The summed E-state index contributed by atoms with van der Waals surface area (Å²) < 4.78 is 0. The molecule has 0 bridgehead atoms. The minimum Gasteiger partial charge on any atom is -0.378 e. The summed E-state index contributed by atoms with van der Waals surface area (Å²) in [4.78, 5) is 11.7. The molecule has 0 aliphatic heterocycles. The van der Waals surface area contributed by atoms with Crippen molar-refractivity contribution in [2.45, 2.75) is 33.2 Å². The molecule has 0 aromatic carbocycles. The molecule has 2 N–H and O–H groups in total. The van der Waals surface area contributed by atoms with E-state index >= 15 is 0 Å². The fourth-order valence-electron chi connectivity index (χ4n) is 1.75. The summed E-state index contributed by atoms with van der Waals surface area (Å²) >= 11 is 0. The lowest BCUT2D eigenvalue weighted by atomic mass is 10.2. The van der Waals surface area contributed by atoms with Crippen LogP contribution in [0.4, 0.5) is 5.69 Å². The predicted octanol–water partition coefficient (Wildman–Crippen LogP) is 2.72. The zero-order valence-corrected chi connectivity index (χ0v) is 11.4. The number of pyridine rings is 1. The van der Waals surface area contributed by atoms with E-state index in [2.05, 4.69) is 40.2 Å². The standard InChI is InChI=1S/C14H17N5/c1-9(2)14-18-8-12(19-14)7-17-13-4-10(3)16-6-11(13)5-15/h4,6,8-9H,7H2,1-3H3,(H,16,17)(H,18,19).